The standard InChI is InChI=1S/C25H24Cl2F3N3O4/c1-2-3-4-20(34)31-16-12-24(11-14-5-7-17(8-6-14)37-25(28,29)30)22(35)21(23(36)33(24)13-16)15-9-18(26)32-19(27)10-15/h5-10,16,21H,2-4,11-13H2,1H3,(H,31,34)/t16-,21?,24+/m0/s1. The SMILES string of the molecule is CCCCC(=O)N[C@@H]1CN2C(=O)C(c3cc(Cl)nc(Cl)c3)C(=O)[C@@]2(Cc2ccc(OC(F)(F)F)cc2)C1. The van der Waals surface area contributed by atoms with Crippen molar-refractivity contribution in [2.45, 2.75) is 62.9 Å². The molecule has 0 spiro atoms. The molecule has 2 fully saturated rings. The van der Waals surface area contributed by atoms with Crippen LogP contribution >= 0.6 is 23.2 Å². The summed E-state index contributed by atoms with van der Waals surface area (Å²) in [6.07, 6.45) is -2.73. The lowest BCUT2D eigenvalue weighted by Gasteiger charge is -2.30. The fourth-order valence-corrected chi connectivity index (χ4v) is 5.61. The van der Waals surface area contributed by atoms with E-state index in [0.29, 0.717) is 24.0 Å². The Hall–Kier alpha value is -2.85. The fourth-order valence-electron chi connectivity index (χ4n) is 5.13. The zero-order chi connectivity index (χ0) is 27.0. The number of Topliss-reactive ketones (excluding diaryl/α,β-unsaturated/α-hetero) is 1. The van der Waals surface area contributed by atoms with Crippen LogP contribution in [0.5, 0.6) is 5.75 Å². The van der Waals surface area contributed by atoms with Gasteiger partial charge in [-0.1, -0.05) is 48.7 Å². The molecule has 2 aromatic rings. The van der Waals surface area contributed by atoms with Gasteiger partial charge in [0.15, 0.2) is 5.78 Å². The van der Waals surface area contributed by atoms with E-state index in [4.69, 9.17) is 23.2 Å². The number of ketones is 1. The van der Waals surface area contributed by atoms with E-state index in [0.717, 1.165) is 18.6 Å². The highest BCUT2D eigenvalue weighted by molar-refractivity contribution is 6.32. The maximum atomic E-state index is 13.9. The molecule has 4 rings (SSSR count). The van der Waals surface area contributed by atoms with Gasteiger partial charge in [-0.2, -0.15) is 0 Å². The van der Waals surface area contributed by atoms with Crippen LogP contribution in [0.2, 0.25) is 10.3 Å². The van der Waals surface area contributed by atoms with Crippen molar-refractivity contribution in [2.24, 2.45) is 0 Å². The lowest BCUT2D eigenvalue weighted by molar-refractivity contribution is -0.274. The molecule has 3 heterocycles. The molecule has 1 aromatic heterocycles. The molecule has 7 nitrogen and oxygen atoms in total. The van der Waals surface area contributed by atoms with Gasteiger partial charge >= 0.3 is 6.36 Å². The van der Waals surface area contributed by atoms with E-state index in [-0.39, 0.29) is 35.6 Å². The number of pyridine rings is 1. The van der Waals surface area contributed by atoms with Crippen LogP contribution in [0.4, 0.5) is 13.2 Å². The molecule has 198 valence electrons. The number of hydrogen-bond donors (Lipinski definition) is 1. The second-order valence-corrected chi connectivity index (χ2v) is 10.0. The molecule has 2 saturated heterocycles. The average molecular weight is 558 g/mol. The number of rotatable bonds is 8. The van der Waals surface area contributed by atoms with Crippen LogP contribution in [0.3, 0.4) is 0 Å². The smallest absolute Gasteiger partial charge is 0.406 e. The summed E-state index contributed by atoms with van der Waals surface area (Å²) in [5.41, 5.74) is -0.463. The summed E-state index contributed by atoms with van der Waals surface area (Å²) in [7, 11) is 0. The van der Waals surface area contributed by atoms with Gasteiger partial charge in [-0.15, -0.1) is 13.2 Å². The highest BCUT2D eigenvalue weighted by Gasteiger charge is 2.62. The number of unbranched alkanes of at least 4 members (excludes halogenated alkanes) is 1. The molecule has 2 aliphatic rings. The Labute approximate surface area is 221 Å². The molecule has 1 unspecified atom stereocenters. The third kappa shape index (κ3) is 5.85. The maximum absolute atomic E-state index is 13.9. The summed E-state index contributed by atoms with van der Waals surface area (Å²) in [6.45, 7) is 2.09. The zero-order valence-corrected chi connectivity index (χ0v) is 21.3. The number of carbonyl (C=O) groups is 3. The van der Waals surface area contributed by atoms with Crippen molar-refractivity contribution >= 4 is 40.8 Å². The molecule has 2 aliphatic heterocycles. The molecule has 0 aliphatic carbocycles. The molecule has 3 atom stereocenters. The van der Waals surface area contributed by atoms with Crippen LogP contribution < -0.4 is 10.1 Å². The number of benzene rings is 1. The molecule has 1 aromatic carbocycles. The minimum Gasteiger partial charge on any atom is -0.406 e. The van der Waals surface area contributed by atoms with E-state index in [1.54, 1.807) is 0 Å². The molecule has 37 heavy (non-hydrogen) atoms. The van der Waals surface area contributed by atoms with Crippen LogP contribution in [-0.4, -0.2) is 52.0 Å². The molecular weight excluding hydrogens is 534 g/mol. The van der Waals surface area contributed by atoms with Crippen LogP contribution in [0, 0.1) is 0 Å². The van der Waals surface area contributed by atoms with Crippen molar-refractivity contribution in [3.8, 4) is 5.75 Å². The van der Waals surface area contributed by atoms with Gasteiger partial charge in [0.25, 0.3) is 0 Å². The number of ether oxygens (including phenoxy) is 1. The summed E-state index contributed by atoms with van der Waals surface area (Å²) in [5, 5.41) is 2.99. The quantitative estimate of drug-likeness (QED) is 0.370. The van der Waals surface area contributed by atoms with Crippen molar-refractivity contribution in [3.05, 3.63) is 57.8 Å². The van der Waals surface area contributed by atoms with Crippen LogP contribution in [-0.2, 0) is 20.8 Å². The third-order valence-corrected chi connectivity index (χ3v) is 7.02. The maximum Gasteiger partial charge on any atom is 0.573 e. The van der Waals surface area contributed by atoms with E-state index in [1.165, 1.54) is 29.2 Å². The van der Waals surface area contributed by atoms with Gasteiger partial charge in [-0.05, 0) is 41.8 Å². The van der Waals surface area contributed by atoms with Crippen molar-refractivity contribution in [1.29, 1.82) is 0 Å². The van der Waals surface area contributed by atoms with Crippen molar-refractivity contribution in [3.63, 3.8) is 0 Å². The molecule has 12 heteroatoms. The first-order valence-corrected chi connectivity index (χ1v) is 12.5. The number of carbonyl (C=O) groups excluding carboxylic acids is 3. The predicted octanol–water partition coefficient (Wildman–Crippen LogP) is 4.84. The number of fused-ring (bicyclic) bond motifs is 1. The first-order chi connectivity index (χ1) is 17.4. The number of halogens is 5. The Morgan fingerprint density at radius 1 is 1.19 bits per heavy atom. The Balaban J connectivity index is 1.65. The van der Waals surface area contributed by atoms with Gasteiger partial charge in [0.05, 0.1) is 0 Å². The summed E-state index contributed by atoms with van der Waals surface area (Å²) >= 11 is 12.0. The Bertz CT molecular complexity index is 1190. The summed E-state index contributed by atoms with van der Waals surface area (Å²) in [5.74, 6) is -2.57. The van der Waals surface area contributed by atoms with Gasteiger partial charge in [0.1, 0.15) is 27.5 Å². The Morgan fingerprint density at radius 2 is 1.84 bits per heavy atom. The second kappa shape index (κ2) is 10.5. The minimum atomic E-state index is -4.83. The Morgan fingerprint density at radius 3 is 2.43 bits per heavy atom. The van der Waals surface area contributed by atoms with E-state index in [9.17, 15) is 27.6 Å². The Kier molecular flexibility index (Phi) is 7.71. The van der Waals surface area contributed by atoms with E-state index < -0.39 is 41.3 Å². The number of aromatic nitrogens is 1. The highest BCUT2D eigenvalue weighted by atomic mass is 35.5. The van der Waals surface area contributed by atoms with Crippen molar-refractivity contribution < 1.29 is 32.3 Å². The van der Waals surface area contributed by atoms with Gasteiger partial charge in [0, 0.05) is 31.8 Å². The fraction of sp³-hybridized carbons (Fsp3) is 0.440. The first-order valence-electron chi connectivity index (χ1n) is 11.7. The van der Waals surface area contributed by atoms with Crippen molar-refractivity contribution in [1.82, 2.24) is 15.2 Å². The molecule has 0 bridgehead atoms. The molecule has 2 amide bonds. The average Bonchev–Trinajstić information content (AvgIpc) is 3.24. The van der Waals surface area contributed by atoms with Crippen molar-refractivity contribution in [2.75, 3.05) is 6.54 Å². The summed E-state index contributed by atoms with van der Waals surface area (Å²) < 4.78 is 41.6. The summed E-state index contributed by atoms with van der Waals surface area (Å²) in [4.78, 5) is 45.2. The third-order valence-electron chi connectivity index (χ3n) is 6.63. The monoisotopic (exact) mass is 557 g/mol. The molecular formula is C25H24Cl2F3N3O4. The lowest BCUT2D eigenvalue weighted by atomic mass is 9.80. The summed E-state index contributed by atoms with van der Waals surface area (Å²) in [6, 6.07) is 7.54. The van der Waals surface area contributed by atoms with Crippen LogP contribution in [0.25, 0.3) is 0 Å². The number of alkyl halides is 3. The van der Waals surface area contributed by atoms with E-state index >= 15 is 0 Å². The van der Waals surface area contributed by atoms with Gasteiger partial charge in [0.2, 0.25) is 11.8 Å². The molecule has 0 saturated carbocycles. The number of amides is 2. The van der Waals surface area contributed by atoms with E-state index in [2.05, 4.69) is 15.0 Å². The zero-order valence-electron chi connectivity index (χ0n) is 19.8. The van der Waals surface area contributed by atoms with Crippen LogP contribution in [0.15, 0.2) is 36.4 Å². The minimum absolute atomic E-state index is 0.0329. The number of hydrogen-bond acceptors (Lipinski definition) is 5. The second-order valence-electron chi connectivity index (χ2n) is 9.26. The van der Waals surface area contributed by atoms with Crippen LogP contribution in [0.1, 0.15) is 49.7 Å². The topological polar surface area (TPSA) is 88.6 Å². The highest BCUT2D eigenvalue weighted by Crippen LogP contribution is 2.46. The van der Waals surface area contributed by atoms with Gasteiger partial charge < -0.3 is 15.0 Å². The molecule has 0 radical (unpaired) electrons. The van der Waals surface area contributed by atoms with E-state index in [1.807, 2.05) is 6.92 Å². The lowest BCUT2D eigenvalue weighted by Crippen LogP contribution is -2.46. The predicted molar refractivity (Wildman–Crippen MR) is 129 cm³/mol. The van der Waals surface area contributed by atoms with Gasteiger partial charge in [-0.25, -0.2) is 4.98 Å². The largest absolute Gasteiger partial charge is 0.573 e. The normalized spacial score (nSPS) is 23.4. The first kappa shape index (κ1) is 27.2. The molecule has 1 N–H and O–H groups in total. The van der Waals surface area contributed by atoms with Gasteiger partial charge in [-0.3, -0.25) is 14.4 Å². The number of nitrogens with one attached hydrogen (secondary N) is 1. The number of nitrogens with zero attached hydrogens (tertiary/aromatic N) is 2.